The quantitative estimate of drug-likeness (QED) is 0.847. The van der Waals surface area contributed by atoms with Gasteiger partial charge in [0.2, 0.25) is 0 Å². The Kier molecular flexibility index (Phi) is 3.13. The third-order valence-electron chi connectivity index (χ3n) is 4.82. The summed E-state index contributed by atoms with van der Waals surface area (Å²) in [7, 11) is 0. The molecule has 2 fully saturated rings. The van der Waals surface area contributed by atoms with Crippen LogP contribution in [0.5, 0.6) is 0 Å². The van der Waals surface area contributed by atoms with Crippen LogP contribution in [-0.2, 0) is 0 Å². The average molecular weight is 284 g/mol. The first kappa shape index (κ1) is 12.8. The van der Waals surface area contributed by atoms with Gasteiger partial charge in [0.25, 0.3) is 5.89 Å². The van der Waals surface area contributed by atoms with Gasteiger partial charge in [-0.05, 0) is 44.2 Å². The molecule has 1 saturated heterocycles. The molecule has 0 N–H and O–H groups in total. The van der Waals surface area contributed by atoms with Crippen LogP contribution in [0.4, 0.5) is 5.82 Å². The third-order valence-corrected chi connectivity index (χ3v) is 4.82. The van der Waals surface area contributed by atoms with Crippen molar-refractivity contribution < 1.29 is 4.52 Å². The molecular formula is C16H20N4O. The molecule has 2 aromatic heterocycles. The summed E-state index contributed by atoms with van der Waals surface area (Å²) in [5, 5.41) is 3.87. The highest BCUT2D eigenvalue weighted by Gasteiger charge is 2.36. The normalized spacial score (nSPS) is 25.1. The predicted octanol–water partition coefficient (Wildman–Crippen LogP) is 3.21. The molecule has 21 heavy (non-hydrogen) atoms. The van der Waals surface area contributed by atoms with Crippen molar-refractivity contribution >= 4 is 5.82 Å². The fourth-order valence-electron chi connectivity index (χ4n) is 3.81. The maximum Gasteiger partial charge on any atom is 0.258 e. The molecule has 0 aromatic carbocycles. The molecule has 1 saturated carbocycles. The van der Waals surface area contributed by atoms with Crippen LogP contribution in [0.15, 0.2) is 22.9 Å². The molecule has 2 unspecified atom stereocenters. The molecule has 0 bridgehead atoms. The van der Waals surface area contributed by atoms with Crippen LogP contribution in [0.1, 0.15) is 37.9 Å². The second-order valence-corrected chi connectivity index (χ2v) is 6.14. The molecule has 0 amide bonds. The lowest BCUT2D eigenvalue weighted by atomic mass is 9.85. The Bertz CT molecular complexity index is 639. The van der Waals surface area contributed by atoms with Crippen molar-refractivity contribution in [1.82, 2.24) is 15.1 Å². The minimum Gasteiger partial charge on any atom is -0.353 e. The van der Waals surface area contributed by atoms with Gasteiger partial charge in [-0.3, -0.25) is 0 Å². The van der Waals surface area contributed by atoms with Crippen LogP contribution in [-0.4, -0.2) is 27.7 Å². The lowest BCUT2D eigenvalue weighted by Gasteiger charge is -2.32. The number of aryl methyl sites for hydroxylation is 1. The van der Waals surface area contributed by atoms with Crippen molar-refractivity contribution in [2.45, 2.75) is 45.1 Å². The van der Waals surface area contributed by atoms with Crippen LogP contribution >= 0.6 is 0 Å². The Hall–Kier alpha value is -1.91. The van der Waals surface area contributed by atoms with E-state index in [0.29, 0.717) is 17.8 Å². The molecule has 1 aliphatic carbocycles. The van der Waals surface area contributed by atoms with Crippen molar-refractivity contribution in [1.29, 1.82) is 0 Å². The number of nitrogens with zero attached hydrogens (tertiary/aromatic N) is 4. The van der Waals surface area contributed by atoms with Gasteiger partial charge in [0.1, 0.15) is 5.82 Å². The van der Waals surface area contributed by atoms with Gasteiger partial charge in [-0.2, -0.15) is 4.98 Å². The zero-order valence-electron chi connectivity index (χ0n) is 12.3. The highest BCUT2D eigenvalue weighted by Crippen LogP contribution is 2.38. The summed E-state index contributed by atoms with van der Waals surface area (Å²) in [4.78, 5) is 11.4. The van der Waals surface area contributed by atoms with Gasteiger partial charge < -0.3 is 9.42 Å². The smallest absolute Gasteiger partial charge is 0.258 e. The number of pyridine rings is 1. The van der Waals surface area contributed by atoms with Crippen molar-refractivity contribution in [3.63, 3.8) is 0 Å². The first-order valence-corrected chi connectivity index (χ1v) is 7.84. The Balaban J connectivity index is 1.63. The maximum atomic E-state index is 5.27. The number of anilines is 1. The minimum absolute atomic E-state index is 0.579. The largest absolute Gasteiger partial charge is 0.353 e. The molecular weight excluding hydrogens is 264 g/mol. The maximum absolute atomic E-state index is 5.27. The molecule has 4 rings (SSSR count). The van der Waals surface area contributed by atoms with E-state index in [4.69, 9.17) is 4.52 Å². The van der Waals surface area contributed by atoms with Crippen LogP contribution < -0.4 is 4.90 Å². The molecule has 3 heterocycles. The molecule has 5 nitrogen and oxygen atoms in total. The van der Waals surface area contributed by atoms with Gasteiger partial charge in [-0.25, -0.2) is 4.98 Å². The Morgan fingerprint density at radius 1 is 1.24 bits per heavy atom. The second-order valence-electron chi connectivity index (χ2n) is 6.14. The lowest BCUT2D eigenvalue weighted by Crippen LogP contribution is -2.35. The molecule has 2 atom stereocenters. The molecule has 2 aromatic rings. The van der Waals surface area contributed by atoms with Crippen molar-refractivity contribution in [2.75, 3.05) is 11.4 Å². The van der Waals surface area contributed by atoms with Crippen molar-refractivity contribution in [3.05, 3.63) is 24.2 Å². The van der Waals surface area contributed by atoms with E-state index in [9.17, 15) is 0 Å². The average Bonchev–Trinajstić information content (AvgIpc) is 3.13. The van der Waals surface area contributed by atoms with E-state index in [-0.39, 0.29) is 0 Å². The van der Waals surface area contributed by atoms with E-state index in [0.717, 1.165) is 23.8 Å². The van der Waals surface area contributed by atoms with Gasteiger partial charge in [-0.15, -0.1) is 0 Å². The van der Waals surface area contributed by atoms with E-state index < -0.39 is 0 Å². The van der Waals surface area contributed by atoms with E-state index in [2.05, 4.69) is 26.1 Å². The second kappa shape index (κ2) is 5.13. The van der Waals surface area contributed by atoms with Gasteiger partial charge in [0, 0.05) is 24.3 Å². The van der Waals surface area contributed by atoms with E-state index in [1.54, 1.807) is 0 Å². The van der Waals surface area contributed by atoms with E-state index in [1.807, 2.05) is 19.2 Å². The van der Waals surface area contributed by atoms with Crippen molar-refractivity contribution in [2.24, 2.45) is 5.92 Å². The lowest BCUT2D eigenvalue weighted by molar-refractivity contribution is 0.341. The highest BCUT2D eigenvalue weighted by atomic mass is 16.5. The molecule has 5 heteroatoms. The summed E-state index contributed by atoms with van der Waals surface area (Å²) in [6.45, 7) is 2.96. The molecule has 0 radical (unpaired) electrons. The molecule has 1 aliphatic heterocycles. The first-order chi connectivity index (χ1) is 10.3. The van der Waals surface area contributed by atoms with Gasteiger partial charge >= 0.3 is 0 Å². The number of hydrogen-bond donors (Lipinski definition) is 0. The molecule has 0 spiro atoms. The highest BCUT2D eigenvalue weighted by molar-refractivity contribution is 5.59. The summed E-state index contributed by atoms with van der Waals surface area (Å²) in [5.41, 5.74) is 0.958. The zero-order chi connectivity index (χ0) is 14.2. The van der Waals surface area contributed by atoms with Crippen LogP contribution in [0, 0.1) is 12.8 Å². The fourth-order valence-corrected chi connectivity index (χ4v) is 3.81. The Morgan fingerprint density at radius 2 is 2.14 bits per heavy atom. The number of rotatable bonds is 2. The summed E-state index contributed by atoms with van der Waals surface area (Å²) < 4.78 is 5.27. The Morgan fingerprint density at radius 3 is 3.00 bits per heavy atom. The molecule has 110 valence electrons. The monoisotopic (exact) mass is 284 g/mol. The van der Waals surface area contributed by atoms with Gasteiger partial charge in [-0.1, -0.05) is 18.0 Å². The minimum atomic E-state index is 0.579. The zero-order valence-corrected chi connectivity index (χ0v) is 12.3. The van der Waals surface area contributed by atoms with Crippen LogP contribution in [0.3, 0.4) is 0 Å². The fraction of sp³-hybridized carbons (Fsp3) is 0.562. The van der Waals surface area contributed by atoms with Crippen LogP contribution in [0.2, 0.25) is 0 Å². The topological polar surface area (TPSA) is 55.1 Å². The number of aromatic nitrogens is 3. The summed E-state index contributed by atoms with van der Waals surface area (Å²) in [6.07, 6.45) is 8.57. The Labute approximate surface area is 124 Å². The summed E-state index contributed by atoms with van der Waals surface area (Å²) in [6, 6.07) is 4.69. The van der Waals surface area contributed by atoms with Crippen molar-refractivity contribution in [3.8, 4) is 11.5 Å². The van der Waals surface area contributed by atoms with Gasteiger partial charge in [0.05, 0.1) is 0 Å². The standard InChI is InChI=1S/C16H20N4O/c1-11-18-16(21-19-11)13-6-8-17-15(10-13)20-9-7-12-4-2-3-5-14(12)20/h6,8,10,12,14H,2-5,7,9H2,1H3. The summed E-state index contributed by atoms with van der Waals surface area (Å²) in [5.74, 6) is 3.15. The molecule has 2 aliphatic rings. The summed E-state index contributed by atoms with van der Waals surface area (Å²) >= 11 is 0. The van der Waals surface area contributed by atoms with Crippen LogP contribution in [0.25, 0.3) is 11.5 Å². The van der Waals surface area contributed by atoms with E-state index >= 15 is 0 Å². The van der Waals surface area contributed by atoms with Gasteiger partial charge in [0.15, 0.2) is 5.82 Å². The third kappa shape index (κ3) is 2.30. The number of fused-ring (bicyclic) bond motifs is 1. The predicted molar refractivity (Wildman–Crippen MR) is 80.0 cm³/mol. The first-order valence-electron chi connectivity index (χ1n) is 7.84. The number of hydrogen-bond acceptors (Lipinski definition) is 5. The SMILES string of the molecule is Cc1noc(-c2ccnc(N3CCC4CCCCC43)c2)n1. The van der Waals surface area contributed by atoms with E-state index in [1.165, 1.54) is 32.1 Å².